The number of carboxylic acid groups (broad SMARTS) is 1. The number of aliphatic carboxylic acids is 1. The van der Waals surface area contributed by atoms with Crippen molar-refractivity contribution in [3.05, 3.63) is 0 Å². The Hall–Kier alpha value is -2.20. The molecule has 20 heavy (non-hydrogen) atoms. The summed E-state index contributed by atoms with van der Waals surface area (Å²) in [7, 11) is 0. The van der Waals surface area contributed by atoms with E-state index in [9.17, 15) is 24.3 Å². The molecule has 0 saturated heterocycles. The SMILES string of the molecule is CC(O)C(NC(=O)C(N)CC(N)=O)C(=O)NCC(=O)O. The van der Waals surface area contributed by atoms with Gasteiger partial charge in [-0.2, -0.15) is 0 Å². The average molecular weight is 290 g/mol. The first kappa shape index (κ1) is 17.8. The van der Waals surface area contributed by atoms with E-state index in [4.69, 9.17) is 16.6 Å². The van der Waals surface area contributed by atoms with Gasteiger partial charge in [0.1, 0.15) is 12.6 Å². The Kier molecular flexibility index (Phi) is 7.18. The zero-order valence-electron chi connectivity index (χ0n) is 10.8. The van der Waals surface area contributed by atoms with E-state index in [1.165, 1.54) is 6.92 Å². The number of carboxylic acids is 1. The van der Waals surface area contributed by atoms with Gasteiger partial charge in [0.15, 0.2) is 0 Å². The van der Waals surface area contributed by atoms with E-state index < -0.39 is 54.8 Å². The summed E-state index contributed by atoms with van der Waals surface area (Å²) in [6.45, 7) is 0.566. The normalized spacial score (nSPS) is 14.8. The first-order valence-corrected chi connectivity index (χ1v) is 5.67. The van der Waals surface area contributed by atoms with Gasteiger partial charge in [-0.3, -0.25) is 19.2 Å². The largest absolute Gasteiger partial charge is 0.480 e. The molecule has 0 heterocycles. The summed E-state index contributed by atoms with van der Waals surface area (Å²) in [6, 6.07) is -2.65. The van der Waals surface area contributed by atoms with Gasteiger partial charge in [-0.15, -0.1) is 0 Å². The van der Waals surface area contributed by atoms with Gasteiger partial charge in [-0.05, 0) is 6.92 Å². The van der Waals surface area contributed by atoms with Gasteiger partial charge >= 0.3 is 5.97 Å². The van der Waals surface area contributed by atoms with Crippen molar-refractivity contribution in [3.63, 3.8) is 0 Å². The van der Waals surface area contributed by atoms with Crippen LogP contribution in [0.3, 0.4) is 0 Å². The van der Waals surface area contributed by atoms with Gasteiger partial charge in [0.2, 0.25) is 17.7 Å². The summed E-state index contributed by atoms with van der Waals surface area (Å²) in [6.07, 6.45) is -1.71. The maximum absolute atomic E-state index is 11.6. The maximum Gasteiger partial charge on any atom is 0.322 e. The van der Waals surface area contributed by atoms with Crippen molar-refractivity contribution in [1.29, 1.82) is 0 Å². The molecule has 3 atom stereocenters. The molecule has 0 radical (unpaired) electrons. The number of aliphatic hydroxyl groups excluding tert-OH is 1. The molecular formula is C10H18N4O6. The Labute approximate surface area is 114 Å². The second-order valence-electron chi connectivity index (χ2n) is 4.12. The second kappa shape index (κ2) is 8.07. The number of nitrogens with two attached hydrogens (primary N) is 2. The van der Waals surface area contributed by atoms with E-state index in [0.717, 1.165) is 0 Å². The summed E-state index contributed by atoms with van der Waals surface area (Å²) in [5.74, 6) is -3.82. The molecule has 0 aliphatic rings. The Morgan fingerprint density at radius 1 is 1.20 bits per heavy atom. The van der Waals surface area contributed by atoms with Crippen LogP contribution in [0.5, 0.6) is 0 Å². The lowest BCUT2D eigenvalue weighted by Gasteiger charge is -2.22. The van der Waals surface area contributed by atoms with Crippen molar-refractivity contribution in [2.24, 2.45) is 11.5 Å². The highest BCUT2D eigenvalue weighted by Crippen LogP contribution is 1.96. The molecule has 0 rings (SSSR count). The van der Waals surface area contributed by atoms with Crippen molar-refractivity contribution in [2.45, 2.75) is 31.5 Å². The Balaban J connectivity index is 4.61. The van der Waals surface area contributed by atoms with Crippen molar-refractivity contribution < 1.29 is 29.4 Å². The van der Waals surface area contributed by atoms with E-state index in [-0.39, 0.29) is 0 Å². The third-order valence-electron chi connectivity index (χ3n) is 2.23. The smallest absolute Gasteiger partial charge is 0.322 e. The molecule has 0 fully saturated rings. The summed E-state index contributed by atoms with van der Waals surface area (Å²) in [5.41, 5.74) is 10.2. The third-order valence-corrected chi connectivity index (χ3v) is 2.23. The molecule has 114 valence electrons. The molecule has 10 heteroatoms. The summed E-state index contributed by atoms with van der Waals surface area (Å²) in [5, 5.41) is 21.9. The Bertz CT molecular complexity index is 397. The Morgan fingerprint density at radius 2 is 1.75 bits per heavy atom. The number of carbonyl (C=O) groups is 4. The lowest BCUT2D eigenvalue weighted by Crippen LogP contribution is -2.56. The number of amides is 3. The quantitative estimate of drug-likeness (QED) is 0.265. The van der Waals surface area contributed by atoms with E-state index in [0.29, 0.717) is 0 Å². The minimum atomic E-state index is -1.39. The topological polar surface area (TPSA) is 185 Å². The van der Waals surface area contributed by atoms with E-state index in [2.05, 4.69) is 5.32 Å². The summed E-state index contributed by atoms with van der Waals surface area (Å²) >= 11 is 0. The monoisotopic (exact) mass is 290 g/mol. The van der Waals surface area contributed by atoms with E-state index in [1.807, 2.05) is 5.32 Å². The molecule has 0 spiro atoms. The molecule has 10 nitrogen and oxygen atoms in total. The molecule has 0 bridgehead atoms. The predicted octanol–water partition coefficient (Wildman–Crippen LogP) is -3.74. The van der Waals surface area contributed by atoms with Crippen molar-refractivity contribution in [3.8, 4) is 0 Å². The van der Waals surface area contributed by atoms with Gasteiger partial charge in [-0.1, -0.05) is 0 Å². The molecule has 0 saturated carbocycles. The lowest BCUT2D eigenvalue weighted by molar-refractivity contribution is -0.139. The minimum Gasteiger partial charge on any atom is -0.480 e. The molecule has 0 aromatic rings. The second-order valence-corrected chi connectivity index (χ2v) is 4.12. The minimum absolute atomic E-state index is 0.422. The number of aliphatic hydroxyl groups is 1. The van der Waals surface area contributed by atoms with Gasteiger partial charge < -0.3 is 32.3 Å². The molecule has 0 aliphatic carbocycles. The van der Waals surface area contributed by atoms with Crippen LogP contribution in [-0.2, 0) is 19.2 Å². The summed E-state index contributed by atoms with van der Waals surface area (Å²) < 4.78 is 0. The molecular weight excluding hydrogens is 272 g/mol. The fourth-order valence-corrected chi connectivity index (χ4v) is 1.25. The summed E-state index contributed by atoms with van der Waals surface area (Å²) in [4.78, 5) is 44.1. The fourth-order valence-electron chi connectivity index (χ4n) is 1.25. The molecule has 0 aromatic carbocycles. The van der Waals surface area contributed by atoms with E-state index >= 15 is 0 Å². The molecule has 3 amide bonds. The van der Waals surface area contributed by atoms with Crippen LogP contribution < -0.4 is 22.1 Å². The number of hydrogen-bond donors (Lipinski definition) is 6. The number of primary amides is 1. The predicted molar refractivity (Wildman–Crippen MR) is 66.0 cm³/mol. The van der Waals surface area contributed by atoms with Crippen LogP contribution in [0.1, 0.15) is 13.3 Å². The van der Waals surface area contributed by atoms with Gasteiger partial charge in [0, 0.05) is 0 Å². The Morgan fingerprint density at radius 3 is 2.15 bits per heavy atom. The van der Waals surface area contributed by atoms with Crippen LogP contribution in [0.4, 0.5) is 0 Å². The third kappa shape index (κ3) is 6.66. The highest BCUT2D eigenvalue weighted by molar-refractivity contribution is 5.93. The van der Waals surface area contributed by atoms with Crippen molar-refractivity contribution >= 4 is 23.7 Å². The van der Waals surface area contributed by atoms with Crippen molar-refractivity contribution in [1.82, 2.24) is 10.6 Å². The highest BCUT2D eigenvalue weighted by atomic mass is 16.4. The maximum atomic E-state index is 11.6. The number of nitrogens with one attached hydrogen (secondary N) is 2. The first-order valence-electron chi connectivity index (χ1n) is 5.67. The fraction of sp³-hybridized carbons (Fsp3) is 0.600. The standard InChI is InChI=1S/C10H18N4O6/c1-4(15)8(10(20)13-3-7(17)18)14-9(19)5(11)2-6(12)16/h4-5,8,15H,2-3,11H2,1H3,(H2,12,16)(H,13,20)(H,14,19)(H,17,18). The van der Waals surface area contributed by atoms with Crippen LogP contribution in [-0.4, -0.2) is 58.6 Å². The van der Waals surface area contributed by atoms with Crippen molar-refractivity contribution in [2.75, 3.05) is 6.54 Å². The van der Waals surface area contributed by atoms with Crippen LogP contribution in [0.2, 0.25) is 0 Å². The number of rotatable bonds is 8. The number of hydrogen-bond acceptors (Lipinski definition) is 6. The van der Waals surface area contributed by atoms with Gasteiger partial charge in [0.25, 0.3) is 0 Å². The average Bonchev–Trinajstić information content (AvgIpc) is 2.31. The van der Waals surface area contributed by atoms with Gasteiger partial charge in [0.05, 0.1) is 18.6 Å². The van der Waals surface area contributed by atoms with Crippen LogP contribution >= 0.6 is 0 Å². The zero-order chi connectivity index (χ0) is 15.9. The van der Waals surface area contributed by atoms with E-state index in [1.54, 1.807) is 0 Å². The first-order chi connectivity index (χ1) is 9.15. The van der Waals surface area contributed by atoms with Crippen LogP contribution in [0.15, 0.2) is 0 Å². The molecule has 3 unspecified atom stereocenters. The van der Waals surface area contributed by atoms with Crippen LogP contribution in [0.25, 0.3) is 0 Å². The van der Waals surface area contributed by atoms with Crippen LogP contribution in [0, 0.1) is 0 Å². The van der Waals surface area contributed by atoms with Gasteiger partial charge in [-0.25, -0.2) is 0 Å². The zero-order valence-corrected chi connectivity index (χ0v) is 10.8. The molecule has 8 N–H and O–H groups in total. The highest BCUT2D eigenvalue weighted by Gasteiger charge is 2.28. The molecule has 0 aromatic heterocycles. The lowest BCUT2D eigenvalue weighted by atomic mass is 10.1. The molecule has 0 aliphatic heterocycles. The number of carbonyl (C=O) groups excluding carboxylic acids is 3.